The van der Waals surface area contributed by atoms with Gasteiger partial charge in [0.2, 0.25) is 0 Å². The molecule has 3 aromatic heterocycles. The predicted octanol–water partition coefficient (Wildman–Crippen LogP) is 11.1. The van der Waals surface area contributed by atoms with Crippen LogP contribution in [-0.4, -0.2) is 31.6 Å². The first-order valence-corrected chi connectivity index (χ1v) is 19.9. The maximum Gasteiger partial charge on any atom is 0.122 e. The largest absolute Gasteiger partial charge is 0.384 e. The van der Waals surface area contributed by atoms with Crippen LogP contribution in [0.4, 0.5) is 0 Å². The molecule has 2 aliphatic heterocycles. The minimum Gasteiger partial charge on any atom is -0.384 e. The summed E-state index contributed by atoms with van der Waals surface area (Å²) in [6, 6.07) is 40.8. The summed E-state index contributed by atoms with van der Waals surface area (Å²) in [6.45, 7) is 0. The first-order chi connectivity index (χ1) is 27.2. The Labute approximate surface area is 349 Å². The molecule has 0 saturated carbocycles. The number of nitrogens with zero attached hydrogens (tertiary/aromatic N) is 2. The highest BCUT2D eigenvalue weighted by atomic mass is 127. The van der Waals surface area contributed by atoms with Crippen molar-refractivity contribution < 1.29 is 0 Å². The number of nitrogens with one attached hydrogen (secondary N) is 4. The summed E-state index contributed by atoms with van der Waals surface area (Å²) in [7, 11) is 0. The maximum atomic E-state index is 8.00. The van der Waals surface area contributed by atoms with Gasteiger partial charge in [-0.25, -0.2) is 9.97 Å². The van der Waals surface area contributed by atoms with Crippen LogP contribution < -0.4 is 11.5 Å². The third-order valence-electron chi connectivity index (χ3n) is 9.95. The van der Waals surface area contributed by atoms with E-state index in [9.17, 15) is 0 Å². The van der Waals surface area contributed by atoms with Crippen molar-refractivity contribution in [3.8, 4) is 44.5 Å². The van der Waals surface area contributed by atoms with Crippen molar-refractivity contribution in [1.29, 1.82) is 10.8 Å². The molecule has 8 nitrogen and oxygen atoms in total. The van der Waals surface area contributed by atoms with Crippen LogP contribution in [0.1, 0.15) is 33.9 Å². The van der Waals surface area contributed by atoms with Crippen LogP contribution in [0.5, 0.6) is 0 Å². The summed E-state index contributed by atoms with van der Waals surface area (Å²) in [5.41, 5.74) is 27.5. The zero-order chi connectivity index (χ0) is 38.5. The summed E-state index contributed by atoms with van der Waals surface area (Å²) < 4.78 is 2.23. The van der Waals surface area contributed by atoms with Gasteiger partial charge in [0.05, 0.1) is 22.8 Å². The molecule has 0 aliphatic carbocycles. The molecule has 7 aromatic rings. The Balaban J connectivity index is 1.45. The predicted molar refractivity (Wildman–Crippen MR) is 248 cm³/mol. The molecule has 0 unspecified atom stereocenters. The Bertz CT molecular complexity index is 2830. The average molecular weight is 951 g/mol. The number of benzene rings is 4. The molecular weight excluding hydrogens is 918 g/mol. The minimum atomic E-state index is 0.0178. The van der Waals surface area contributed by atoms with Crippen LogP contribution in [0, 0.1) is 18.0 Å². The van der Waals surface area contributed by atoms with Crippen LogP contribution in [0.3, 0.4) is 0 Å². The molecule has 0 atom stereocenters. The van der Waals surface area contributed by atoms with Gasteiger partial charge >= 0.3 is 0 Å². The number of aromatic amines is 2. The van der Waals surface area contributed by atoms with Crippen LogP contribution in [0.2, 0.25) is 0 Å². The van der Waals surface area contributed by atoms with Gasteiger partial charge in [0.1, 0.15) is 11.7 Å². The van der Waals surface area contributed by atoms with Gasteiger partial charge < -0.3 is 21.4 Å². The van der Waals surface area contributed by atoms with Gasteiger partial charge in [-0.3, -0.25) is 10.8 Å². The van der Waals surface area contributed by atoms with Crippen molar-refractivity contribution in [2.75, 3.05) is 0 Å². The van der Waals surface area contributed by atoms with E-state index in [2.05, 4.69) is 152 Å². The second-order valence-corrected chi connectivity index (χ2v) is 16.0. The molecule has 0 fully saturated rings. The van der Waals surface area contributed by atoms with E-state index >= 15 is 0 Å². The van der Waals surface area contributed by atoms with E-state index in [0.717, 1.165) is 96.5 Å². The molecule has 8 N–H and O–H groups in total. The molecule has 5 heterocycles. The summed E-state index contributed by atoms with van der Waals surface area (Å²) in [5.74, 6) is 0.0357. The van der Waals surface area contributed by atoms with Crippen molar-refractivity contribution in [1.82, 2.24) is 19.9 Å². The first-order valence-electron chi connectivity index (χ1n) is 17.8. The molecular formula is C46H32I2N8. The van der Waals surface area contributed by atoms with Gasteiger partial charge in [0.15, 0.2) is 0 Å². The normalized spacial score (nSPS) is 11.9. The number of halogens is 2. The molecule has 0 amide bonds. The lowest BCUT2D eigenvalue weighted by molar-refractivity contribution is 1.27. The van der Waals surface area contributed by atoms with E-state index < -0.39 is 0 Å². The zero-order valence-corrected chi connectivity index (χ0v) is 34.0. The summed E-state index contributed by atoms with van der Waals surface area (Å²) >= 11 is 4.71. The van der Waals surface area contributed by atoms with Crippen molar-refractivity contribution in [2.45, 2.75) is 0 Å². The van der Waals surface area contributed by atoms with E-state index in [1.807, 2.05) is 48.5 Å². The minimum absolute atomic E-state index is 0.0178. The first kappa shape index (κ1) is 35.6. The van der Waals surface area contributed by atoms with E-state index in [1.54, 1.807) is 0 Å². The second kappa shape index (κ2) is 14.5. The van der Waals surface area contributed by atoms with Gasteiger partial charge in [-0.15, -0.1) is 0 Å². The monoisotopic (exact) mass is 950 g/mol. The standard InChI is InChI=1S/C46H32I2N8/c47-31-5-1-3-29(23-31)43-37-19-15-33(53-37)41(25-7-11-27(12-8-25)45(49)50)35-17-21-39(55-35)44(30-4-2-6-32(48)24-30)40-22-18-36(56-40)42(34-16-20-38(43)54-34)26-9-13-28(14-10-26)46(51)52/h1-24,53-54H,(H3,49,50)(H3,51,52). The second-order valence-electron chi connectivity index (χ2n) is 13.5. The molecule has 4 aromatic carbocycles. The number of H-pyrrole nitrogens is 2. The van der Waals surface area contributed by atoms with Crippen LogP contribution in [0.25, 0.3) is 90.9 Å². The van der Waals surface area contributed by atoms with E-state index in [4.69, 9.17) is 32.3 Å². The highest BCUT2D eigenvalue weighted by molar-refractivity contribution is 14.1. The molecule has 0 radical (unpaired) electrons. The Morgan fingerprint density at radius 1 is 0.429 bits per heavy atom. The van der Waals surface area contributed by atoms with E-state index in [1.165, 1.54) is 0 Å². The lowest BCUT2D eigenvalue weighted by Gasteiger charge is -2.08. The zero-order valence-electron chi connectivity index (χ0n) is 29.7. The van der Waals surface area contributed by atoms with Gasteiger partial charge in [0, 0.05) is 62.6 Å². The highest BCUT2D eigenvalue weighted by Crippen LogP contribution is 2.39. The summed E-state index contributed by atoms with van der Waals surface area (Å²) in [5, 5.41) is 16.0. The van der Waals surface area contributed by atoms with Crippen molar-refractivity contribution >= 4 is 103 Å². The average Bonchev–Trinajstić information content (AvgIpc) is 4.03. The Morgan fingerprint density at radius 3 is 1.16 bits per heavy atom. The SMILES string of the molecule is N=C(N)c1ccc(-c2c3nc(c(-c4cccc(I)c4)c4nc(c(-c5ccc(C(=N)N)cc5)c5ccc([nH]5)c(-c5cccc(I)c5)c5ccc2[nH]5)C=C4)C=C3)cc1. The van der Waals surface area contributed by atoms with Crippen LogP contribution in [-0.2, 0) is 0 Å². The third kappa shape index (κ3) is 6.64. The molecule has 10 heteroatoms. The van der Waals surface area contributed by atoms with Crippen LogP contribution >= 0.6 is 45.2 Å². The molecule has 270 valence electrons. The fourth-order valence-corrected chi connectivity index (χ4v) is 8.43. The Morgan fingerprint density at radius 2 is 0.786 bits per heavy atom. The number of nitrogens with two attached hydrogens (primary N) is 2. The molecule has 56 heavy (non-hydrogen) atoms. The Hall–Kier alpha value is -6.12. The summed E-state index contributed by atoms with van der Waals surface area (Å²) in [6.07, 6.45) is 8.26. The Kier molecular flexibility index (Phi) is 9.22. The number of hydrogen-bond donors (Lipinski definition) is 6. The lowest BCUT2D eigenvalue weighted by atomic mass is 10.0. The van der Waals surface area contributed by atoms with Crippen molar-refractivity contribution in [3.05, 3.63) is 162 Å². The maximum absolute atomic E-state index is 8.00. The molecule has 0 spiro atoms. The molecule has 9 rings (SSSR count). The fourth-order valence-electron chi connectivity index (χ4n) is 7.34. The van der Waals surface area contributed by atoms with E-state index in [0.29, 0.717) is 11.1 Å². The quantitative estimate of drug-likeness (QED) is 0.0557. The highest BCUT2D eigenvalue weighted by Gasteiger charge is 2.20. The third-order valence-corrected chi connectivity index (χ3v) is 11.3. The topological polar surface area (TPSA) is 157 Å². The number of rotatable bonds is 6. The van der Waals surface area contributed by atoms with Gasteiger partial charge in [-0.1, -0.05) is 72.8 Å². The molecule has 0 saturated heterocycles. The smallest absolute Gasteiger partial charge is 0.122 e. The number of aromatic nitrogens is 4. The van der Waals surface area contributed by atoms with E-state index in [-0.39, 0.29) is 11.7 Å². The van der Waals surface area contributed by atoms with Gasteiger partial charge in [0.25, 0.3) is 0 Å². The fraction of sp³-hybridized carbons (Fsp3) is 0. The van der Waals surface area contributed by atoms with Crippen molar-refractivity contribution in [3.63, 3.8) is 0 Å². The summed E-state index contributed by atoms with van der Waals surface area (Å²) in [4.78, 5) is 18.3. The number of hydrogen-bond acceptors (Lipinski definition) is 4. The number of nitrogen functional groups attached to an aromatic ring is 2. The van der Waals surface area contributed by atoms with Gasteiger partial charge in [-0.2, -0.15) is 0 Å². The number of amidine groups is 2. The lowest BCUT2D eigenvalue weighted by Crippen LogP contribution is -2.10. The van der Waals surface area contributed by atoms with Crippen LogP contribution in [0.15, 0.2) is 121 Å². The van der Waals surface area contributed by atoms with Crippen molar-refractivity contribution in [2.24, 2.45) is 11.5 Å². The number of fused-ring (bicyclic) bond motifs is 8. The molecule has 2 aliphatic rings. The van der Waals surface area contributed by atoms with Gasteiger partial charge in [-0.05, 0) is 140 Å². The molecule has 8 bridgehead atoms.